The maximum atomic E-state index is 11.6. The zero-order chi connectivity index (χ0) is 13.3. The molecule has 0 aromatic heterocycles. The molecule has 0 aliphatic carbocycles. The van der Waals surface area contributed by atoms with Gasteiger partial charge in [0.1, 0.15) is 0 Å². The van der Waals surface area contributed by atoms with Gasteiger partial charge in [-0.15, -0.1) is 0 Å². The Morgan fingerprint density at radius 3 is 2.84 bits per heavy atom. The average Bonchev–Trinajstić information content (AvgIpc) is 2.47. The summed E-state index contributed by atoms with van der Waals surface area (Å²) in [5.41, 5.74) is 1.10. The molecule has 5 nitrogen and oxygen atoms in total. The molecular weight excluding hydrogens is 244 g/mol. The first-order valence-electron chi connectivity index (χ1n) is 6.55. The van der Waals surface area contributed by atoms with E-state index in [1.54, 1.807) is 0 Å². The molecule has 1 saturated heterocycles. The monoisotopic (exact) mass is 264 g/mol. The Bertz CT molecular complexity index is 378. The molecule has 1 aromatic carbocycles. The molecule has 104 valence electrons. The van der Waals surface area contributed by atoms with Gasteiger partial charge in [-0.25, -0.2) is 0 Å². The highest BCUT2D eigenvalue weighted by atomic mass is 16.6. The quantitative estimate of drug-likeness (QED) is 0.776. The van der Waals surface area contributed by atoms with Gasteiger partial charge in [0.2, 0.25) is 5.91 Å². The van der Waals surface area contributed by atoms with Crippen molar-refractivity contribution in [3.05, 3.63) is 35.9 Å². The molecule has 2 N–H and O–H groups in total. The molecule has 1 amide bonds. The van der Waals surface area contributed by atoms with Crippen molar-refractivity contribution in [3.8, 4) is 0 Å². The first-order chi connectivity index (χ1) is 9.34. The number of nitrogens with one attached hydrogen (secondary N) is 2. The second-order valence-electron chi connectivity index (χ2n) is 4.46. The standard InChI is InChI=1S/C14H20N2O3/c17-14(16-8-12-4-2-1-3-5-12)10-15-9-13-11-18-6-7-19-13/h1-5,13,15H,6-11H2,(H,16,17). The van der Waals surface area contributed by atoms with E-state index in [4.69, 9.17) is 9.47 Å². The van der Waals surface area contributed by atoms with Gasteiger partial charge in [0, 0.05) is 13.1 Å². The van der Waals surface area contributed by atoms with Crippen LogP contribution in [-0.2, 0) is 20.8 Å². The van der Waals surface area contributed by atoms with Crippen molar-refractivity contribution in [1.82, 2.24) is 10.6 Å². The summed E-state index contributed by atoms with van der Waals surface area (Å²) >= 11 is 0. The van der Waals surface area contributed by atoms with Gasteiger partial charge in [-0.3, -0.25) is 4.79 Å². The minimum atomic E-state index is -0.0134. The minimum Gasteiger partial charge on any atom is -0.376 e. The second-order valence-corrected chi connectivity index (χ2v) is 4.46. The van der Waals surface area contributed by atoms with Crippen molar-refractivity contribution in [2.75, 3.05) is 32.9 Å². The molecule has 5 heteroatoms. The van der Waals surface area contributed by atoms with E-state index in [-0.39, 0.29) is 12.0 Å². The molecule has 1 atom stereocenters. The smallest absolute Gasteiger partial charge is 0.234 e. The van der Waals surface area contributed by atoms with Crippen LogP contribution in [0.25, 0.3) is 0 Å². The highest BCUT2D eigenvalue weighted by Crippen LogP contribution is 1.99. The number of hydrogen-bond acceptors (Lipinski definition) is 4. The average molecular weight is 264 g/mol. The molecule has 0 spiro atoms. The fourth-order valence-corrected chi connectivity index (χ4v) is 1.86. The highest BCUT2D eigenvalue weighted by Gasteiger charge is 2.13. The van der Waals surface area contributed by atoms with Gasteiger partial charge in [-0.2, -0.15) is 0 Å². The molecule has 0 radical (unpaired) electrons. The molecule has 1 aromatic rings. The topological polar surface area (TPSA) is 59.6 Å². The molecule has 1 aliphatic heterocycles. The second kappa shape index (κ2) is 7.89. The Hall–Kier alpha value is -1.43. The summed E-state index contributed by atoms with van der Waals surface area (Å²) in [6.45, 7) is 3.38. The predicted octanol–water partition coefficient (Wildman–Crippen LogP) is 0.308. The molecule has 2 rings (SSSR count). The van der Waals surface area contributed by atoms with Crippen molar-refractivity contribution >= 4 is 5.91 Å². The highest BCUT2D eigenvalue weighted by molar-refractivity contribution is 5.77. The Labute approximate surface area is 113 Å². The predicted molar refractivity (Wildman–Crippen MR) is 71.7 cm³/mol. The molecule has 1 unspecified atom stereocenters. The third kappa shape index (κ3) is 5.38. The van der Waals surface area contributed by atoms with Crippen molar-refractivity contribution in [3.63, 3.8) is 0 Å². The lowest BCUT2D eigenvalue weighted by Crippen LogP contribution is -2.41. The summed E-state index contributed by atoms with van der Waals surface area (Å²) in [5.74, 6) is -0.0134. The van der Waals surface area contributed by atoms with Crippen molar-refractivity contribution in [2.24, 2.45) is 0 Å². The van der Waals surface area contributed by atoms with Gasteiger partial charge < -0.3 is 20.1 Å². The lowest BCUT2D eigenvalue weighted by Gasteiger charge is -2.23. The Balaban J connectivity index is 1.57. The van der Waals surface area contributed by atoms with Crippen LogP contribution in [0.15, 0.2) is 30.3 Å². The number of benzene rings is 1. The van der Waals surface area contributed by atoms with E-state index in [0.29, 0.717) is 39.5 Å². The van der Waals surface area contributed by atoms with Crippen LogP contribution in [0.3, 0.4) is 0 Å². The lowest BCUT2D eigenvalue weighted by molar-refractivity contribution is -0.120. The fourth-order valence-electron chi connectivity index (χ4n) is 1.86. The number of amides is 1. The van der Waals surface area contributed by atoms with Gasteiger partial charge in [-0.1, -0.05) is 30.3 Å². The van der Waals surface area contributed by atoms with E-state index in [0.717, 1.165) is 5.56 Å². The van der Waals surface area contributed by atoms with Crippen molar-refractivity contribution in [2.45, 2.75) is 12.6 Å². The van der Waals surface area contributed by atoms with Gasteiger partial charge in [0.15, 0.2) is 0 Å². The largest absolute Gasteiger partial charge is 0.376 e. The fraction of sp³-hybridized carbons (Fsp3) is 0.500. The lowest BCUT2D eigenvalue weighted by atomic mass is 10.2. The summed E-state index contributed by atoms with van der Waals surface area (Å²) in [6.07, 6.45) is 0.0515. The van der Waals surface area contributed by atoms with E-state index in [1.807, 2.05) is 30.3 Å². The summed E-state index contributed by atoms with van der Waals surface area (Å²) in [6, 6.07) is 9.85. The molecule has 1 aliphatic rings. The number of carbonyl (C=O) groups is 1. The van der Waals surface area contributed by atoms with Crippen LogP contribution in [0.4, 0.5) is 0 Å². The van der Waals surface area contributed by atoms with Crippen LogP contribution >= 0.6 is 0 Å². The molecule has 19 heavy (non-hydrogen) atoms. The summed E-state index contributed by atoms with van der Waals surface area (Å²) in [4.78, 5) is 11.6. The zero-order valence-corrected chi connectivity index (χ0v) is 10.9. The molecular formula is C14H20N2O3. The zero-order valence-electron chi connectivity index (χ0n) is 10.9. The van der Waals surface area contributed by atoms with E-state index >= 15 is 0 Å². The SMILES string of the molecule is O=C(CNCC1COCCO1)NCc1ccccc1. The molecule has 0 bridgehead atoms. The summed E-state index contributed by atoms with van der Waals surface area (Å²) in [5, 5.41) is 5.94. The van der Waals surface area contributed by atoms with Crippen LogP contribution < -0.4 is 10.6 Å². The third-order valence-corrected chi connectivity index (χ3v) is 2.88. The van der Waals surface area contributed by atoms with Gasteiger partial charge in [0.05, 0.1) is 32.5 Å². The molecule has 0 saturated carbocycles. The Morgan fingerprint density at radius 1 is 1.26 bits per heavy atom. The van der Waals surface area contributed by atoms with Gasteiger partial charge >= 0.3 is 0 Å². The van der Waals surface area contributed by atoms with Crippen LogP contribution in [0.1, 0.15) is 5.56 Å². The normalized spacial score (nSPS) is 19.1. The first-order valence-corrected chi connectivity index (χ1v) is 6.55. The first kappa shape index (κ1) is 14.0. The Morgan fingerprint density at radius 2 is 2.11 bits per heavy atom. The van der Waals surface area contributed by atoms with E-state index in [9.17, 15) is 4.79 Å². The molecule has 1 fully saturated rings. The van der Waals surface area contributed by atoms with Crippen LogP contribution in [0, 0.1) is 0 Å². The van der Waals surface area contributed by atoms with E-state index in [1.165, 1.54) is 0 Å². The van der Waals surface area contributed by atoms with Gasteiger partial charge in [-0.05, 0) is 5.56 Å². The number of ether oxygens (including phenoxy) is 2. The summed E-state index contributed by atoms with van der Waals surface area (Å²) < 4.78 is 10.7. The number of carbonyl (C=O) groups excluding carboxylic acids is 1. The van der Waals surface area contributed by atoms with Gasteiger partial charge in [0.25, 0.3) is 0 Å². The molecule has 1 heterocycles. The number of hydrogen-bond donors (Lipinski definition) is 2. The van der Waals surface area contributed by atoms with Crippen LogP contribution in [-0.4, -0.2) is 44.9 Å². The van der Waals surface area contributed by atoms with Crippen LogP contribution in [0.5, 0.6) is 0 Å². The third-order valence-electron chi connectivity index (χ3n) is 2.88. The summed E-state index contributed by atoms with van der Waals surface area (Å²) in [7, 11) is 0. The Kier molecular flexibility index (Phi) is 5.81. The maximum absolute atomic E-state index is 11.6. The maximum Gasteiger partial charge on any atom is 0.234 e. The van der Waals surface area contributed by atoms with Crippen molar-refractivity contribution in [1.29, 1.82) is 0 Å². The number of rotatable bonds is 6. The van der Waals surface area contributed by atoms with E-state index < -0.39 is 0 Å². The van der Waals surface area contributed by atoms with Crippen molar-refractivity contribution < 1.29 is 14.3 Å². The van der Waals surface area contributed by atoms with Crippen LogP contribution in [0.2, 0.25) is 0 Å². The minimum absolute atomic E-state index is 0.0134. The van der Waals surface area contributed by atoms with E-state index in [2.05, 4.69) is 10.6 Å².